The summed E-state index contributed by atoms with van der Waals surface area (Å²) in [6, 6.07) is 7.05. The first kappa shape index (κ1) is 22.4. The van der Waals surface area contributed by atoms with Gasteiger partial charge in [-0.2, -0.15) is 0 Å². The lowest BCUT2D eigenvalue weighted by Crippen LogP contribution is -2.54. The average Bonchev–Trinajstić information content (AvgIpc) is 3.47. The largest absolute Gasteiger partial charge is 0.450 e. The van der Waals surface area contributed by atoms with Gasteiger partial charge in [-0.3, -0.25) is 14.4 Å². The van der Waals surface area contributed by atoms with Gasteiger partial charge in [0, 0.05) is 44.5 Å². The molecule has 2 unspecified atom stereocenters. The van der Waals surface area contributed by atoms with Crippen LogP contribution in [-0.2, 0) is 23.9 Å². The first-order valence-corrected chi connectivity index (χ1v) is 11.6. The molecule has 4 aliphatic rings. The Morgan fingerprint density at radius 3 is 2.44 bits per heavy atom. The van der Waals surface area contributed by atoms with Gasteiger partial charge >= 0.3 is 6.09 Å². The van der Waals surface area contributed by atoms with Crippen LogP contribution in [0.1, 0.15) is 13.8 Å². The number of benzene rings is 1. The van der Waals surface area contributed by atoms with Gasteiger partial charge in [-0.1, -0.05) is 12.2 Å². The summed E-state index contributed by atoms with van der Waals surface area (Å²) in [7, 11) is 0. The van der Waals surface area contributed by atoms with Crippen molar-refractivity contribution in [3.05, 3.63) is 36.4 Å². The second-order valence-electron chi connectivity index (χ2n) is 9.06. The Labute approximate surface area is 197 Å². The van der Waals surface area contributed by atoms with Gasteiger partial charge in [-0.05, 0) is 31.2 Å². The summed E-state index contributed by atoms with van der Waals surface area (Å²) in [5.74, 6) is -1.59. The third kappa shape index (κ3) is 3.62. The molecule has 0 aliphatic carbocycles. The summed E-state index contributed by atoms with van der Waals surface area (Å²) < 4.78 is 11.3. The van der Waals surface area contributed by atoms with E-state index < -0.39 is 23.5 Å². The van der Waals surface area contributed by atoms with E-state index in [1.54, 1.807) is 45.9 Å². The number of fused-ring (bicyclic) bond motifs is 1. The van der Waals surface area contributed by atoms with Gasteiger partial charge in [0.05, 0.1) is 31.1 Å². The van der Waals surface area contributed by atoms with Crippen molar-refractivity contribution < 1.29 is 28.7 Å². The molecule has 5 rings (SSSR count). The van der Waals surface area contributed by atoms with E-state index in [2.05, 4.69) is 5.32 Å². The summed E-state index contributed by atoms with van der Waals surface area (Å²) in [5.41, 5.74) is 0.524. The number of carbonyl (C=O) groups excluding carboxylic acids is 4. The molecule has 1 spiro atoms. The Balaban J connectivity index is 1.31. The lowest BCUT2D eigenvalue weighted by Gasteiger charge is -2.36. The summed E-state index contributed by atoms with van der Waals surface area (Å²) in [6.45, 7) is 5.43. The lowest BCUT2D eigenvalue weighted by molar-refractivity contribution is -0.141. The van der Waals surface area contributed by atoms with E-state index in [4.69, 9.17) is 9.47 Å². The van der Waals surface area contributed by atoms with Crippen molar-refractivity contribution in [2.45, 2.75) is 25.6 Å². The van der Waals surface area contributed by atoms with Crippen molar-refractivity contribution >= 4 is 35.2 Å². The van der Waals surface area contributed by atoms with E-state index >= 15 is 0 Å². The Morgan fingerprint density at radius 1 is 1.12 bits per heavy atom. The van der Waals surface area contributed by atoms with Crippen molar-refractivity contribution in [3.8, 4) is 0 Å². The van der Waals surface area contributed by atoms with Crippen molar-refractivity contribution in [2.75, 3.05) is 49.5 Å². The van der Waals surface area contributed by atoms with Gasteiger partial charge in [0.25, 0.3) is 0 Å². The smallest absolute Gasteiger partial charge is 0.409 e. The summed E-state index contributed by atoms with van der Waals surface area (Å²) >= 11 is 0. The molecule has 2 bridgehead atoms. The molecule has 3 fully saturated rings. The fourth-order valence-corrected chi connectivity index (χ4v) is 5.46. The highest BCUT2D eigenvalue weighted by atomic mass is 16.6. The monoisotopic (exact) mass is 468 g/mol. The second-order valence-corrected chi connectivity index (χ2v) is 9.06. The molecule has 1 N–H and O–H groups in total. The molecule has 1 aromatic rings. The molecule has 3 saturated heterocycles. The topological polar surface area (TPSA) is 108 Å². The summed E-state index contributed by atoms with van der Waals surface area (Å²) in [6.07, 6.45) is 3.03. The van der Waals surface area contributed by atoms with Crippen LogP contribution in [0.4, 0.5) is 16.2 Å². The minimum absolute atomic E-state index is 0.110. The molecular formula is C24H28N4O6. The zero-order valence-electron chi connectivity index (χ0n) is 19.2. The number of hydrogen-bond donors (Lipinski definition) is 1. The number of hydrogen-bond acceptors (Lipinski definition) is 6. The van der Waals surface area contributed by atoms with E-state index in [9.17, 15) is 19.2 Å². The van der Waals surface area contributed by atoms with Gasteiger partial charge in [-0.15, -0.1) is 0 Å². The van der Waals surface area contributed by atoms with Crippen LogP contribution in [0.3, 0.4) is 0 Å². The minimum atomic E-state index is -0.814. The van der Waals surface area contributed by atoms with Crippen molar-refractivity contribution in [2.24, 2.45) is 11.8 Å². The predicted octanol–water partition coefficient (Wildman–Crippen LogP) is 1.23. The van der Waals surface area contributed by atoms with Crippen LogP contribution in [0, 0.1) is 11.8 Å². The Hall–Kier alpha value is -3.40. The number of ether oxygens (including phenoxy) is 2. The molecule has 4 atom stereocenters. The maximum atomic E-state index is 13.5. The third-order valence-corrected chi connectivity index (χ3v) is 7.00. The molecule has 4 aliphatic heterocycles. The molecule has 0 radical (unpaired) electrons. The van der Waals surface area contributed by atoms with Gasteiger partial charge < -0.3 is 29.5 Å². The number of nitrogens with one attached hydrogen (secondary N) is 1. The standard InChI is InChI=1S/C24H28N4O6/c1-3-33-23(32)27-12-10-26(11-13-27)21(30)19-18-8-9-24(34-18)14-28(22(31)20(19)24)17-6-4-16(5-7-17)25-15(2)29/h4-9,18-20H,3,10-14H2,1-2H3,(H,25,29)/t18-,19?,20?,24+/m0/s1. The van der Waals surface area contributed by atoms with E-state index in [1.165, 1.54) is 6.92 Å². The first-order valence-electron chi connectivity index (χ1n) is 11.6. The molecule has 0 saturated carbocycles. The maximum absolute atomic E-state index is 13.5. The first-order chi connectivity index (χ1) is 16.3. The van der Waals surface area contributed by atoms with Gasteiger partial charge in [-0.25, -0.2) is 4.79 Å². The number of nitrogens with zero attached hydrogens (tertiary/aromatic N) is 3. The van der Waals surface area contributed by atoms with Crippen molar-refractivity contribution in [1.29, 1.82) is 0 Å². The zero-order chi connectivity index (χ0) is 24.0. The van der Waals surface area contributed by atoms with Crippen LogP contribution < -0.4 is 10.2 Å². The van der Waals surface area contributed by atoms with E-state index in [-0.39, 0.29) is 23.8 Å². The molecule has 4 heterocycles. The molecule has 4 amide bonds. The zero-order valence-corrected chi connectivity index (χ0v) is 19.2. The fourth-order valence-electron chi connectivity index (χ4n) is 5.46. The van der Waals surface area contributed by atoms with E-state index in [1.807, 2.05) is 12.2 Å². The quantitative estimate of drug-likeness (QED) is 0.666. The number of carbonyl (C=O) groups is 4. The van der Waals surface area contributed by atoms with Crippen LogP contribution in [0.25, 0.3) is 0 Å². The Bertz CT molecular complexity index is 1050. The van der Waals surface area contributed by atoms with Crippen LogP contribution >= 0.6 is 0 Å². The molecule has 34 heavy (non-hydrogen) atoms. The van der Waals surface area contributed by atoms with E-state index in [0.717, 1.165) is 0 Å². The van der Waals surface area contributed by atoms with Crippen LogP contribution in [0.2, 0.25) is 0 Å². The van der Waals surface area contributed by atoms with Crippen molar-refractivity contribution in [1.82, 2.24) is 9.80 Å². The molecule has 10 heteroatoms. The molecule has 10 nitrogen and oxygen atoms in total. The van der Waals surface area contributed by atoms with Gasteiger partial charge in [0.2, 0.25) is 17.7 Å². The van der Waals surface area contributed by atoms with Crippen LogP contribution in [-0.4, -0.2) is 84.7 Å². The average molecular weight is 469 g/mol. The molecule has 180 valence electrons. The SMILES string of the molecule is CCOC(=O)N1CCN(C(=O)C2C3C(=O)N(c4ccc(NC(C)=O)cc4)C[C@]34C=C[C@@H]2O4)CC1. The fraction of sp³-hybridized carbons (Fsp3) is 0.500. The second kappa shape index (κ2) is 8.43. The lowest BCUT2D eigenvalue weighted by atomic mass is 9.76. The highest BCUT2D eigenvalue weighted by molar-refractivity contribution is 6.03. The predicted molar refractivity (Wildman–Crippen MR) is 122 cm³/mol. The maximum Gasteiger partial charge on any atom is 0.409 e. The molecular weight excluding hydrogens is 440 g/mol. The van der Waals surface area contributed by atoms with Gasteiger partial charge in [0.1, 0.15) is 5.60 Å². The van der Waals surface area contributed by atoms with Crippen molar-refractivity contribution in [3.63, 3.8) is 0 Å². The Morgan fingerprint density at radius 2 is 1.79 bits per heavy atom. The summed E-state index contributed by atoms with van der Waals surface area (Å²) in [4.78, 5) is 55.3. The third-order valence-electron chi connectivity index (χ3n) is 7.00. The van der Waals surface area contributed by atoms with E-state index in [0.29, 0.717) is 50.7 Å². The minimum Gasteiger partial charge on any atom is -0.450 e. The van der Waals surface area contributed by atoms with Crippen LogP contribution in [0.5, 0.6) is 0 Å². The number of rotatable bonds is 4. The number of amides is 4. The molecule has 1 aromatic carbocycles. The van der Waals surface area contributed by atoms with Crippen LogP contribution in [0.15, 0.2) is 36.4 Å². The van der Waals surface area contributed by atoms with Gasteiger partial charge in [0.15, 0.2) is 0 Å². The molecule has 0 aromatic heterocycles. The normalized spacial score (nSPS) is 29.4. The number of piperazine rings is 1. The highest BCUT2D eigenvalue weighted by Gasteiger charge is 2.67. The highest BCUT2D eigenvalue weighted by Crippen LogP contribution is 2.53. The summed E-state index contributed by atoms with van der Waals surface area (Å²) in [5, 5.41) is 2.71. The number of anilines is 2. The Kier molecular flexibility index (Phi) is 5.55.